The van der Waals surface area contributed by atoms with Crippen molar-refractivity contribution in [2.45, 2.75) is 18.8 Å². The van der Waals surface area contributed by atoms with Crippen LogP contribution >= 0.6 is 0 Å². The summed E-state index contributed by atoms with van der Waals surface area (Å²) in [6.45, 7) is 2.26. The number of imide groups is 1. The summed E-state index contributed by atoms with van der Waals surface area (Å²) in [6.07, 6.45) is 0. The number of likely N-dealkylation sites (N-methyl/N-ethyl adjacent to an activating group) is 1. The van der Waals surface area contributed by atoms with Gasteiger partial charge >= 0.3 is 0 Å². The van der Waals surface area contributed by atoms with Crippen molar-refractivity contribution < 1.29 is 9.59 Å². The van der Waals surface area contributed by atoms with Crippen LogP contribution in [0.1, 0.15) is 29.9 Å². The van der Waals surface area contributed by atoms with Crippen LogP contribution in [0.3, 0.4) is 0 Å². The van der Waals surface area contributed by atoms with Gasteiger partial charge in [0.1, 0.15) is 0 Å². The number of likely N-dealkylation sites (tertiary alicyclic amines) is 1. The van der Waals surface area contributed by atoms with Crippen LogP contribution in [0.25, 0.3) is 0 Å². The average Bonchev–Trinajstić information content (AvgIpc) is 2.79. The lowest BCUT2D eigenvalue weighted by Crippen LogP contribution is -2.30. The van der Waals surface area contributed by atoms with Crippen LogP contribution in [-0.2, 0) is 9.59 Å². The van der Waals surface area contributed by atoms with E-state index in [9.17, 15) is 9.59 Å². The third-order valence-corrected chi connectivity index (χ3v) is 4.03. The zero-order valence-electron chi connectivity index (χ0n) is 11.9. The van der Waals surface area contributed by atoms with E-state index in [0.29, 0.717) is 6.54 Å². The fourth-order valence-electron chi connectivity index (χ4n) is 3.03. The standard InChI is InChI=1S/C18H17NO2/c1-2-19-17(20)15(13-9-5-3-6-10-13)16(18(19)21)14-11-7-4-8-12-14/h3-12,15-16H,2H2,1H3/t15-,16-/m1/s1. The predicted molar refractivity (Wildman–Crippen MR) is 80.8 cm³/mol. The average molecular weight is 279 g/mol. The normalized spacial score (nSPS) is 21.9. The van der Waals surface area contributed by atoms with Gasteiger partial charge in [0.25, 0.3) is 0 Å². The summed E-state index contributed by atoms with van der Waals surface area (Å²) in [5.74, 6) is -1.02. The largest absolute Gasteiger partial charge is 0.282 e. The van der Waals surface area contributed by atoms with Gasteiger partial charge in [-0.1, -0.05) is 60.7 Å². The quantitative estimate of drug-likeness (QED) is 0.810. The summed E-state index contributed by atoms with van der Waals surface area (Å²) < 4.78 is 0. The van der Waals surface area contributed by atoms with E-state index in [1.54, 1.807) is 0 Å². The molecule has 3 nitrogen and oxygen atoms in total. The minimum atomic E-state index is -0.416. The van der Waals surface area contributed by atoms with Crippen LogP contribution in [0.15, 0.2) is 60.7 Å². The molecule has 0 N–H and O–H groups in total. The van der Waals surface area contributed by atoms with E-state index in [1.807, 2.05) is 67.6 Å². The molecule has 0 bridgehead atoms. The summed E-state index contributed by atoms with van der Waals surface area (Å²) in [5, 5.41) is 0. The summed E-state index contributed by atoms with van der Waals surface area (Å²) in [5.41, 5.74) is 1.81. The molecule has 0 aromatic heterocycles. The number of benzene rings is 2. The summed E-state index contributed by atoms with van der Waals surface area (Å²) in [6, 6.07) is 19.1. The molecule has 2 amide bonds. The fourth-order valence-corrected chi connectivity index (χ4v) is 3.03. The van der Waals surface area contributed by atoms with Gasteiger partial charge in [-0.2, -0.15) is 0 Å². The van der Waals surface area contributed by atoms with E-state index in [0.717, 1.165) is 11.1 Å². The highest BCUT2D eigenvalue weighted by molar-refractivity contribution is 6.10. The maximum Gasteiger partial charge on any atom is 0.237 e. The van der Waals surface area contributed by atoms with Gasteiger partial charge in [0, 0.05) is 6.54 Å². The highest BCUT2D eigenvalue weighted by atomic mass is 16.2. The van der Waals surface area contributed by atoms with E-state index in [2.05, 4.69) is 0 Å². The predicted octanol–water partition coefficient (Wildman–Crippen LogP) is 2.94. The summed E-state index contributed by atoms with van der Waals surface area (Å²) >= 11 is 0. The van der Waals surface area contributed by atoms with Crippen LogP contribution in [0, 0.1) is 0 Å². The lowest BCUT2D eigenvalue weighted by Gasteiger charge is -2.15. The van der Waals surface area contributed by atoms with E-state index in [4.69, 9.17) is 0 Å². The number of amides is 2. The zero-order valence-corrected chi connectivity index (χ0v) is 11.9. The Kier molecular flexibility index (Phi) is 3.57. The number of rotatable bonds is 3. The molecule has 106 valence electrons. The van der Waals surface area contributed by atoms with Crippen LogP contribution < -0.4 is 0 Å². The lowest BCUT2D eigenvalue weighted by atomic mass is 9.83. The molecule has 0 spiro atoms. The number of nitrogens with zero attached hydrogens (tertiary/aromatic N) is 1. The molecule has 0 aliphatic carbocycles. The Bertz CT molecular complexity index is 594. The molecule has 0 saturated carbocycles. The number of carbonyl (C=O) groups is 2. The zero-order chi connectivity index (χ0) is 14.8. The summed E-state index contributed by atoms with van der Waals surface area (Å²) in [4.78, 5) is 26.6. The molecule has 3 rings (SSSR count). The van der Waals surface area contributed by atoms with Crippen molar-refractivity contribution in [3.8, 4) is 0 Å². The molecule has 2 atom stereocenters. The van der Waals surface area contributed by atoms with Crippen molar-refractivity contribution in [1.82, 2.24) is 4.90 Å². The molecule has 1 saturated heterocycles. The maximum absolute atomic E-state index is 12.6. The molecule has 2 aromatic rings. The van der Waals surface area contributed by atoms with Gasteiger partial charge in [-0.05, 0) is 18.1 Å². The van der Waals surface area contributed by atoms with Crippen molar-refractivity contribution in [2.24, 2.45) is 0 Å². The fraction of sp³-hybridized carbons (Fsp3) is 0.222. The second-order valence-corrected chi connectivity index (χ2v) is 5.20. The topological polar surface area (TPSA) is 37.4 Å². The number of hydrogen-bond acceptors (Lipinski definition) is 2. The van der Waals surface area contributed by atoms with Gasteiger partial charge in [0.05, 0.1) is 11.8 Å². The molecule has 1 aliphatic heterocycles. The van der Waals surface area contributed by atoms with Gasteiger partial charge in [-0.25, -0.2) is 0 Å². The highest BCUT2D eigenvalue weighted by Gasteiger charge is 2.48. The SMILES string of the molecule is CCN1C(=O)[C@H](c2ccccc2)[C@@H](c2ccccc2)C1=O. The first-order chi connectivity index (χ1) is 10.2. The smallest absolute Gasteiger partial charge is 0.237 e. The van der Waals surface area contributed by atoms with Crippen molar-refractivity contribution in [1.29, 1.82) is 0 Å². The van der Waals surface area contributed by atoms with Gasteiger partial charge in [0.2, 0.25) is 11.8 Å². The Balaban J connectivity index is 2.10. The molecular formula is C18H17NO2. The Labute approximate surface area is 124 Å². The van der Waals surface area contributed by atoms with Crippen molar-refractivity contribution in [3.63, 3.8) is 0 Å². The van der Waals surface area contributed by atoms with Crippen LogP contribution in [0.5, 0.6) is 0 Å². The van der Waals surface area contributed by atoms with Crippen molar-refractivity contribution >= 4 is 11.8 Å². The third-order valence-electron chi connectivity index (χ3n) is 4.03. The minimum Gasteiger partial charge on any atom is -0.282 e. The van der Waals surface area contributed by atoms with Gasteiger partial charge in [0.15, 0.2) is 0 Å². The van der Waals surface area contributed by atoms with Crippen molar-refractivity contribution in [2.75, 3.05) is 6.54 Å². The Morgan fingerprint density at radius 1 is 0.762 bits per heavy atom. The molecule has 3 heteroatoms. The molecule has 1 aliphatic rings. The van der Waals surface area contributed by atoms with Crippen molar-refractivity contribution in [3.05, 3.63) is 71.8 Å². The molecule has 2 aromatic carbocycles. The Hall–Kier alpha value is -2.42. The summed E-state index contributed by atoms with van der Waals surface area (Å²) in [7, 11) is 0. The Morgan fingerprint density at radius 3 is 1.48 bits per heavy atom. The van der Waals surface area contributed by atoms with E-state index < -0.39 is 11.8 Å². The van der Waals surface area contributed by atoms with Gasteiger partial charge < -0.3 is 0 Å². The maximum atomic E-state index is 12.6. The first kappa shape index (κ1) is 13.6. The van der Waals surface area contributed by atoms with Crippen LogP contribution in [0.4, 0.5) is 0 Å². The van der Waals surface area contributed by atoms with E-state index >= 15 is 0 Å². The highest BCUT2D eigenvalue weighted by Crippen LogP contribution is 2.41. The molecule has 21 heavy (non-hydrogen) atoms. The molecular weight excluding hydrogens is 262 g/mol. The van der Waals surface area contributed by atoms with E-state index in [1.165, 1.54) is 4.90 Å². The minimum absolute atomic E-state index is 0.0949. The third kappa shape index (κ3) is 2.25. The van der Waals surface area contributed by atoms with Gasteiger partial charge in [-0.3, -0.25) is 14.5 Å². The van der Waals surface area contributed by atoms with Crippen LogP contribution in [0.2, 0.25) is 0 Å². The molecule has 1 fully saturated rings. The first-order valence-electron chi connectivity index (χ1n) is 7.19. The second-order valence-electron chi connectivity index (χ2n) is 5.20. The van der Waals surface area contributed by atoms with Crippen LogP contribution in [-0.4, -0.2) is 23.3 Å². The van der Waals surface area contributed by atoms with E-state index in [-0.39, 0.29) is 11.8 Å². The molecule has 0 radical (unpaired) electrons. The first-order valence-corrected chi connectivity index (χ1v) is 7.19. The van der Waals surface area contributed by atoms with Gasteiger partial charge in [-0.15, -0.1) is 0 Å². The number of carbonyl (C=O) groups excluding carboxylic acids is 2. The Morgan fingerprint density at radius 2 is 1.14 bits per heavy atom. The molecule has 0 unspecified atom stereocenters. The second kappa shape index (κ2) is 5.52. The molecule has 1 heterocycles. The monoisotopic (exact) mass is 279 g/mol. The lowest BCUT2D eigenvalue weighted by molar-refractivity contribution is -0.138. The number of hydrogen-bond donors (Lipinski definition) is 0.